The number of carbonyl (C=O) groups excluding carboxylic acids is 2. The van der Waals surface area contributed by atoms with Crippen LogP contribution >= 0.6 is 0 Å². The number of ketones is 1. The first-order chi connectivity index (χ1) is 3.72. The van der Waals surface area contributed by atoms with Crippen molar-refractivity contribution in [3.63, 3.8) is 0 Å². The van der Waals surface area contributed by atoms with Crippen LogP contribution in [0.1, 0.15) is 0 Å². The van der Waals surface area contributed by atoms with Gasteiger partial charge >= 0.3 is 0 Å². The molecule has 0 spiro atoms. The molecule has 1 atom stereocenters. The Morgan fingerprint density at radius 3 is 2.50 bits per heavy atom. The summed E-state index contributed by atoms with van der Waals surface area (Å²) < 4.78 is 0. The predicted octanol–water partition coefficient (Wildman–Crippen LogP) is -1.93. The van der Waals surface area contributed by atoms with E-state index in [-0.39, 0.29) is 12.8 Å². The highest BCUT2D eigenvalue weighted by atomic mass is 16.3. The molecule has 0 aromatic heterocycles. The van der Waals surface area contributed by atoms with Gasteiger partial charge in [-0.1, -0.05) is 0 Å². The number of carbonyl (C=O) groups is 2. The second-order valence-corrected chi connectivity index (χ2v) is 1.27. The Labute approximate surface area is 46.3 Å². The van der Waals surface area contributed by atoms with Crippen molar-refractivity contribution in [1.82, 2.24) is 0 Å². The summed E-state index contributed by atoms with van der Waals surface area (Å²) in [7, 11) is 0. The van der Waals surface area contributed by atoms with Gasteiger partial charge in [0.25, 0.3) is 0 Å². The van der Waals surface area contributed by atoms with Gasteiger partial charge in [-0.05, 0) is 0 Å². The number of hydrogen-bond acceptors (Lipinski definition) is 4. The molecule has 0 saturated heterocycles. The van der Waals surface area contributed by atoms with Gasteiger partial charge in [-0.2, -0.15) is 0 Å². The summed E-state index contributed by atoms with van der Waals surface area (Å²) >= 11 is 0. The van der Waals surface area contributed by atoms with Gasteiger partial charge in [0, 0.05) is 6.54 Å². The molecule has 8 heavy (non-hydrogen) atoms. The minimum absolute atomic E-state index is 0.0531. The molecule has 0 aliphatic carbocycles. The van der Waals surface area contributed by atoms with Crippen molar-refractivity contribution in [3.8, 4) is 0 Å². The lowest BCUT2D eigenvalue weighted by Crippen LogP contribution is -2.29. The maximum atomic E-state index is 10.0. The fraction of sp³-hybridized carbons (Fsp3) is 0.500. The van der Waals surface area contributed by atoms with E-state index in [0.29, 0.717) is 0 Å². The van der Waals surface area contributed by atoms with Crippen LogP contribution in [0, 0.1) is 0 Å². The monoisotopic (exact) mass is 117 g/mol. The molecule has 0 amide bonds. The smallest absolute Gasteiger partial charge is 0.224 e. The van der Waals surface area contributed by atoms with Gasteiger partial charge in [0.05, 0.1) is 0 Å². The molecule has 0 aliphatic heterocycles. The van der Waals surface area contributed by atoms with E-state index in [0.717, 1.165) is 0 Å². The summed E-state index contributed by atoms with van der Waals surface area (Å²) in [6, 6.07) is 0. The van der Waals surface area contributed by atoms with E-state index >= 15 is 0 Å². The third-order valence-corrected chi connectivity index (χ3v) is 0.668. The van der Waals surface area contributed by atoms with E-state index in [1.165, 1.54) is 0 Å². The molecule has 0 aromatic carbocycles. The van der Waals surface area contributed by atoms with Crippen LogP contribution in [0.5, 0.6) is 0 Å². The first kappa shape index (κ1) is 7.26. The molecule has 46 valence electrons. The Morgan fingerprint density at radius 1 is 1.88 bits per heavy atom. The van der Waals surface area contributed by atoms with Crippen molar-refractivity contribution in [2.75, 3.05) is 6.54 Å². The van der Waals surface area contributed by atoms with Crippen molar-refractivity contribution in [3.05, 3.63) is 0 Å². The number of aliphatic hydroxyl groups is 1. The van der Waals surface area contributed by atoms with Gasteiger partial charge in [-0.15, -0.1) is 0 Å². The van der Waals surface area contributed by atoms with Crippen molar-refractivity contribution in [2.24, 2.45) is 5.73 Å². The average Bonchev–Trinajstić information content (AvgIpc) is 1.84. The summed E-state index contributed by atoms with van der Waals surface area (Å²) in [5.41, 5.74) is 4.82. The molecule has 3 N–H and O–H groups in total. The zero-order chi connectivity index (χ0) is 6.57. The molecular weight excluding hydrogens is 110 g/mol. The van der Waals surface area contributed by atoms with Gasteiger partial charge in [-0.25, -0.2) is 0 Å². The van der Waals surface area contributed by atoms with Crippen LogP contribution in [0.4, 0.5) is 0 Å². The van der Waals surface area contributed by atoms with Gasteiger partial charge in [-0.3, -0.25) is 9.59 Å². The van der Waals surface area contributed by atoms with Crippen LogP contribution in [-0.2, 0) is 9.59 Å². The first-order valence-electron chi connectivity index (χ1n) is 2.09. The number of aldehydes is 1. The highest BCUT2D eigenvalue weighted by Crippen LogP contribution is 1.75. The summed E-state index contributed by atoms with van der Waals surface area (Å²) in [5, 5.41) is 8.42. The van der Waals surface area contributed by atoms with Gasteiger partial charge in [0.15, 0.2) is 6.29 Å². The molecule has 0 radical (unpaired) electrons. The standard InChI is InChI=1S/C4H7NO3/c5-1-3(7)4(8)2-6/h2-3,7H,1,5H2. The maximum Gasteiger partial charge on any atom is 0.224 e. The van der Waals surface area contributed by atoms with Crippen molar-refractivity contribution < 1.29 is 14.7 Å². The minimum atomic E-state index is -1.31. The Morgan fingerprint density at radius 2 is 2.38 bits per heavy atom. The lowest BCUT2D eigenvalue weighted by atomic mass is 10.2. The zero-order valence-electron chi connectivity index (χ0n) is 4.20. The number of rotatable bonds is 3. The highest BCUT2D eigenvalue weighted by Gasteiger charge is 2.09. The van der Waals surface area contributed by atoms with E-state index in [4.69, 9.17) is 10.8 Å². The molecule has 0 fully saturated rings. The summed E-state index contributed by atoms with van der Waals surface area (Å²) in [6.45, 7) is -0.197. The van der Waals surface area contributed by atoms with Crippen molar-refractivity contribution in [1.29, 1.82) is 0 Å². The number of aliphatic hydroxyl groups excluding tert-OH is 1. The Kier molecular flexibility index (Phi) is 2.98. The lowest BCUT2D eigenvalue weighted by molar-refractivity contribution is -0.135. The van der Waals surface area contributed by atoms with E-state index in [2.05, 4.69) is 0 Å². The second-order valence-electron chi connectivity index (χ2n) is 1.27. The van der Waals surface area contributed by atoms with Crippen LogP contribution in [-0.4, -0.2) is 29.8 Å². The van der Waals surface area contributed by atoms with E-state index < -0.39 is 11.9 Å². The SMILES string of the molecule is NCC(O)C(=O)C=O. The molecule has 4 nitrogen and oxygen atoms in total. The first-order valence-corrected chi connectivity index (χ1v) is 2.09. The minimum Gasteiger partial charge on any atom is -0.383 e. The molecule has 1 unspecified atom stereocenters. The molecule has 0 heterocycles. The fourth-order valence-electron chi connectivity index (χ4n) is 0.195. The summed E-state index contributed by atoms with van der Waals surface area (Å²) in [5.74, 6) is -0.868. The molecule has 4 heteroatoms. The normalized spacial score (nSPS) is 12.8. The van der Waals surface area contributed by atoms with Crippen LogP contribution in [0.2, 0.25) is 0 Å². The van der Waals surface area contributed by atoms with Gasteiger partial charge < -0.3 is 10.8 Å². The zero-order valence-corrected chi connectivity index (χ0v) is 4.20. The highest BCUT2D eigenvalue weighted by molar-refractivity contribution is 6.27. The van der Waals surface area contributed by atoms with Crippen LogP contribution in [0.15, 0.2) is 0 Å². The van der Waals surface area contributed by atoms with Crippen LogP contribution in [0.3, 0.4) is 0 Å². The van der Waals surface area contributed by atoms with Gasteiger partial charge in [0.1, 0.15) is 6.10 Å². The third kappa shape index (κ3) is 1.81. The van der Waals surface area contributed by atoms with E-state index in [9.17, 15) is 9.59 Å². The summed E-state index contributed by atoms with van der Waals surface area (Å²) in [4.78, 5) is 19.6. The summed E-state index contributed by atoms with van der Waals surface area (Å²) in [6.07, 6.45) is -1.26. The van der Waals surface area contributed by atoms with Crippen molar-refractivity contribution >= 4 is 12.1 Å². The Balaban J connectivity index is 3.62. The fourth-order valence-corrected chi connectivity index (χ4v) is 0.195. The lowest BCUT2D eigenvalue weighted by Gasteiger charge is -1.96. The second kappa shape index (κ2) is 3.29. The third-order valence-electron chi connectivity index (χ3n) is 0.668. The van der Waals surface area contributed by atoms with E-state index in [1.807, 2.05) is 0 Å². The van der Waals surface area contributed by atoms with Crippen LogP contribution < -0.4 is 5.73 Å². The molecule has 0 rings (SSSR count). The molecule has 0 aliphatic rings. The number of Topliss-reactive ketones (excluding diaryl/α,β-unsaturated/α-hetero) is 1. The maximum absolute atomic E-state index is 10.0. The van der Waals surface area contributed by atoms with E-state index in [1.54, 1.807) is 0 Å². The molecule has 0 bridgehead atoms. The largest absolute Gasteiger partial charge is 0.383 e. The van der Waals surface area contributed by atoms with Gasteiger partial charge in [0.2, 0.25) is 5.78 Å². The van der Waals surface area contributed by atoms with Crippen LogP contribution in [0.25, 0.3) is 0 Å². The Bertz CT molecular complexity index is 101. The van der Waals surface area contributed by atoms with Crippen molar-refractivity contribution in [2.45, 2.75) is 6.10 Å². The number of nitrogens with two attached hydrogens (primary N) is 1. The average molecular weight is 117 g/mol. The Hall–Kier alpha value is -0.740. The molecular formula is C4H7NO3. The predicted molar refractivity (Wildman–Crippen MR) is 26.1 cm³/mol. The number of hydrogen-bond donors (Lipinski definition) is 2. The molecule has 0 aromatic rings. The quantitative estimate of drug-likeness (QED) is 0.333. The molecule has 0 saturated carbocycles. The topological polar surface area (TPSA) is 80.4 Å².